The quantitative estimate of drug-likeness (QED) is 0.428. The second kappa shape index (κ2) is 8.16. The van der Waals surface area contributed by atoms with Crippen molar-refractivity contribution < 1.29 is 18.1 Å². The fraction of sp³-hybridized carbons (Fsp3) is 0.421. The fourth-order valence-corrected chi connectivity index (χ4v) is 5.25. The van der Waals surface area contributed by atoms with E-state index in [4.69, 9.17) is 0 Å². The molecule has 0 aliphatic carbocycles. The van der Waals surface area contributed by atoms with Gasteiger partial charge in [-0.1, -0.05) is 31.5 Å². The van der Waals surface area contributed by atoms with Gasteiger partial charge in [-0.15, -0.1) is 0 Å². The van der Waals surface area contributed by atoms with Crippen molar-refractivity contribution in [3.63, 3.8) is 0 Å². The Balaban J connectivity index is 2.49. The van der Waals surface area contributed by atoms with Gasteiger partial charge in [0.25, 0.3) is 10.0 Å². The molecule has 28 heavy (non-hydrogen) atoms. The Kier molecular flexibility index (Phi) is 6.50. The van der Waals surface area contributed by atoms with Crippen molar-refractivity contribution in [2.45, 2.75) is 51.5 Å². The van der Waals surface area contributed by atoms with Crippen molar-refractivity contribution in [2.75, 3.05) is 0 Å². The number of nitrogens with zero attached hydrogens (tertiary/aromatic N) is 2. The van der Waals surface area contributed by atoms with Crippen molar-refractivity contribution in [3.8, 4) is 0 Å². The maximum atomic E-state index is 13.1. The zero-order valence-corrected chi connectivity index (χ0v) is 18.6. The van der Waals surface area contributed by atoms with Gasteiger partial charge in [-0.3, -0.25) is 10.1 Å². The molecule has 0 saturated heterocycles. The maximum absolute atomic E-state index is 13.1. The van der Waals surface area contributed by atoms with Crippen molar-refractivity contribution in [1.29, 1.82) is 0 Å². The fourth-order valence-electron chi connectivity index (χ4n) is 3.25. The first-order valence-electron chi connectivity index (χ1n) is 8.66. The van der Waals surface area contributed by atoms with E-state index < -0.39 is 26.4 Å². The minimum absolute atomic E-state index is 0.0330. The van der Waals surface area contributed by atoms with Gasteiger partial charge >= 0.3 is 0 Å². The van der Waals surface area contributed by atoms with Gasteiger partial charge in [0.05, 0.1) is 11.3 Å². The van der Waals surface area contributed by atoms with Gasteiger partial charge in [-0.2, -0.15) is 0 Å². The summed E-state index contributed by atoms with van der Waals surface area (Å²) in [6.07, 6.45) is 1.30. The van der Waals surface area contributed by atoms with Crippen molar-refractivity contribution in [3.05, 3.63) is 62.4 Å². The van der Waals surface area contributed by atoms with Crippen molar-refractivity contribution in [1.82, 2.24) is 3.97 Å². The van der Waals surface area contributed by atoms with E-state index in [0.717, 1.165) is 9.54 Å². The summed E-state index contributed by atoms with van der Waals surface area (Å²) in [5, 5.41) is 11.7. The normalized spacial score (nSPS) is 13.3. The number of aromatic nitrogens is 1. The highest BCUT2D eigenvalue weighted by atomic mass is 79.9. The summed E-state index contributed by atoms with van der Waals surface area (Å²) in [5.41, 5.74) is 0.280. The highest BCUT2D eigenvalue weighted by Gasteiger charge is 2.41. The first kappa shape index (κ1) is 22.3. The summed E-state index contributed by atoms with van der Waals surface area (Å²) in [4.78, 5) is 22.9. The first-order valence-corrected chi connectivity index (χ1v) is 10.9. The van der Waals surface area contributed by atoms with Crippen LogP contribution in [0.25, 0.3) is 0 Å². The number of carbonyl (C=O) groups excluding carboxylic acids is 1. The maximum Gasteiger partial charge on any atom is 0.267 e. The summed E-state index contributed by atoms with van der Waals surface area (Å²) in [6.45, 7) is 6.55. The van der Waals surface area contributed by atoms with Crippen LogP contribution in [0.15, 0.2) is 45.9 Å². The molecule has 1 atom stereocenters. The highest BCUT2D eigenvalue weighted by Crippen LogP contribution is 2.32. The minimum atomic E-state index is -3.91. The smallest absolute Gasteiger partial charge is 0.267 e. The summed E-state index contributed by atoms with van der Waals surface area (Å²) in [5.74, 6) is -0.152. The molecule has 0 aliphatic rings. The van der Waals surface area contributed by atoms with E-state index in [1.54, 1.807) is 32.0 Å². The third-order valence-electron chi connectivity index (χ3n) is 4.67. The molecule has 0 bridgehead atoms. The summed E-state index contributed by atoms with van der Waals surface area (Å²) < 4.78 is 27.7. The van der Waals surface area contributed by atoms with E-state index in [1.807, 2.05) is 6.92 Å². The summed E-state index contributed by atoms with van der Waals surface area (Å²) in [7, 11) is -3.91. The molecule has 0 N–H and O–H groups in total. The van der Waals surface area contributed by atoms with Crippen LogP contribution in [0, 0.1) is 22.5 Å². The van der Waals surface area contributed by atoms with Crippen LogP contribution >= 0.6 is 15.9 Å². The second-order valence-electron chi connectivity index (χ2n) is 7.64. The van der Waals surface area contributed by atoms with Gasteiger partial charge in [0.15, 0.2) is 0 Å². The van der Waals surface area contributed by atoms with E-state index in [2.05, 4.69) is 15.9 Å². The molecule has 2 aromatic rings. The lowest BCUT2D eigenvalue weighted by atomic mass is 9.78. The molecule has 1 aromatic heterocycles. The summed E-state index contributed by atoms with van der Waals surface area (Å²) in [6, 6.07) is 6.85. The van der Waals surface area contributed by atoms with E-state index in [-0.39, 0.29) is 29.2 Å². The number of rotatable bonds is 8. The molecule has 9 heteroatoms. The average Bonchev–Trinajstić information content (AvgIpc) is 2.93. The largest absolute Gasteiger partial charge is 0.300 e. The Hall–Kier alpha value is -2.00. The van der Waals surface area contributed by atoms with Crippen LogP contribution in [0.1, 0.15) is 38.4 Å². The standard InChI is InChI=1S/C19H23BrN2O5S/c1-13-5-7-17(8-6-13)28(26,27)21-12-15(20)9-16(21)10-18(22(24)25)19(3,4)11-14(2)23/h5-9,12,18H,10-11H2,1-4H3. The predicted molar refractivity (Wildman–Crippen MR) is 109 cm³/mol. The number of nitro groups is 1. The van der Waals surface area contributed by atoms with Crippen molar-refractivity contribution >= 4 is 31.7 Å². The van der Waals surface area contributed by atoms with Gasteiger partial charge in [-0.25, -0.2) is 12.4 Å². The number of aryl methyl sites for hydroxylation is 1. The molecule has 152 valence electrons. The number of hydrogen-bond acceptors (Lipinski definition) is 5. The predicted octanol–water partition coefficient (Wildman–Crippen LogP) is 3.99. The lowest BCUT2D eigenvalue weighted by Crippen LogP contribution is -2.40. The second-order valence-corrected chi connectivity index (χ2v) is 10.4. The molecule has 1 aromatic carbocycles. The molecule has 1 heterocycles. The van der Waals surface area contributed by atoms with Crippen LogP contribution in [-0.4, -0.2) is 29.1 Å². The number of benzene rings is 1. The third-order valence-corrected chi connectivity index (χ3v) is 6.83. The Labute approximate surface area is 173 Å². The topological polar surface area (TPSA) is 99.3 Å². The van der Waals surface area contributed by atoms with Crippen LogP contribution in [-0.2, 0) is 21.2 Å². The number of halogens is 1. The van der Waals surface area contributed by atoms with E-state index in [1.165, 1.54) is 25.3 Å². The Morgan fingerprint density at radius 3 is 2.36 bits per heavy atom. The van der Waals surface area contributed by atoms with Crippen LogP contribution in [0.2, 0.25) is 0 Å². The molecule has 7 nitrogen and oxygen atoms in total. The van der Waals surface area contributed by atoms with Gasteiger partial charge in [0.2, 0.25) is 6.04 Å². The molecule has 1 unspecified atom stereocenters. The molecule has 0 radical (unpaired) electrons. The van der Waals surface area contributed by atoms with Gasteiger partial charge < -0.3 is 4.79 Å². The van der Waals surface area contributed by atoms with E-state index >= 15 is 0 Å². The number of hydrogen-bond donors (Lipinski definition) is 0. The van der Waals surface area contributed by atoms with Crippen LogP contribution < -0.4 is 0 Å². The van der Waals surface area contributed by atoms with Gasteiger partial charge in [0.1, 0.15) is 5.78 Å². The third kappa shape index (κ3) is 4.88. The molecule has 0 aliphatic heterocycles. The minimum Gasteiger partial charge on any atom is -0.300 e. The molecule has 0 saturated carbocycles. The molecule has 0 fully saturated rings. The van der Waals surface area contributed by atoms with E-state index in [0.29, 0.717) is 4.47 Å². The highest BCUT2D eigenvalue weighted by molar-refractivity contribution is 9.10. The van der Waals surface area contributed by atoms with Gasteiger partial charge in [-0.05, 0) is 48.0 Å². The molecular weight excluding hydrogens is 448 g/mol. The summed E-state index contributed by atoms with van der Waals surface area (Å²) >= 11 is 3.27. The molecular formula is C19H23BrN2O5S. The monoisotopic (exact) mass is 470 g/mol. The molecule has 0 amide bonds. The molecule has 0 spiro atoms. The zero-order valence-electron chi connectivity index (χ0n) is 16.2. The Morgan fingerprint density at radius 2 is 1.86 bits per heavy atom. The van der Waals surface area contributed by atoms with Gasteiger partial charge in [0, 0.05) is 33.1 Å². The Bertz CT molecular complexity index is 994. The van der Waals surface area contributed by atoms with E-state index in [9.17, 15) is 23.3 Å². The number of Topliss-reactive ketones (excluding diaryl/α,β-unsaturated/α-hetero) is 1. The Morgan fingerprint density at radius 1 is 1.29 bits per heavy atom. The average molecular weight is 471 g/mol. The SMILES string of the molecule is CC(=O)CC(C)(C)C(Cc1cc(Br)cn1S(=O)(=O)c1ccc(C)cc1)[N+](=O)[O-]. The van der Waals surface area contributed by atoms with Crippen molar-refractivity contribution in [2.24, 2.45) is 5.41 Å². The lowest BCUT2D eigenvalue weighted by molar-refractivity contribution is -0.540. The zero-order chi connectivity index (χ0) is 21.3. The first-order chi connectivity index (χ1) is 12.8. The van der Waals surface area contributed by atoms with Crippen LogP contribution in [0.3, 0.4) is 0 Å². The van der Waals surface area contributed by atoms with Crippen LogP contribution in [0.4, 0.5) is 0 Å². The number of carbonyl (C=O) groups is 1. The lowest BCUT2D eigenvalue weighted by Gasteiger charge is -2.27. The number of ketones is 1. The van der Waals surface area contributed by atoms with Crippen LogP contribution in [0.5, 0.6) is 0 Å². The molecule has 2 rings (SSSR count).